The van der Waals surface area contributed by atoms with Gasteiger partial charge in [-0.2, -0.15) is 0 Å². The van der Waals surface area contributed by atoms with Gasteiger partial charge in [-0.3, -0.25) is 9.59 Å². The van der Waals surface area contributed by atoms with E-state index in [2.05, 4.69) is 5.32 Å². The van der Waals surface area contributed by atoms with Crippen LogP contribution in [0.2, 0.25) is 5.02 Å². The highest BCUT2D eigenvalue weighted by atomic mass is 35.5. The zero-order chi connectivity index (χ0) is 24.2. The number of ether oxygens (including phenoxy) is 3. The van der Waals surface area contributed by atoms with E-state index >= 15 is 0 Å². The van der Waals surface area contributed by atoms with Gasteiger partial charge in [-0.1, -0.05) is 41.9 Å². The molecular weight excluding hydrogens is 456 g/mol. The number of para-hydroxylation sites is 1. The maximum atomic E-state index is 13.3. The third-order valence-corrected chi connectivity index (χ3v) is 5.80. The van der Waals surface area contributed by atoms with Gasteiger partial charge < -0.3 is 24.4 Å². The summed E-state index contributed by atoms with van der Waals surface area (Å²) in [6.07, 6.45) is -0.766. The quantitative estimate of drug-likeness (QED) is 0.466. The highest BCUT2D eigenvalue weighted by Gasteiger charge is 2.51. The molecule has 0 aliphatic carbocycles. The van der Waals surface area contributed by atoms with Crippen LogP contribution in [0.15, 0.2) is 66.7 Å². The summed E-state index contributed by atoms with van der Waals surface area (Å²) >= 11 is 6.11. The summed E-state index contributed by atoms with van der Waals surface area (Å²) in [5.41, 5.74) is 2.30. The van der Waals surface area contributed by atoms with Gasteiger partial charge in [-0.25, -0.2) is 0 Å². The second-order valence-electron chi connectivity index (χ2n) is 7.87. The average Bonchev–Trinajstić information content (AvgIpc) is 2.82. The van der Waals surface area contributed by atoms with Gasteiger partial charge in [0.1, 0.15) is 11.8 Å². The summed E-state index contributed by atoms with van der Waals surface area (Å²) in [7, 11) is 3.13. The molecule has 3 aromatic carbocycles. The van der Waals surface area contributed by atoms with Crippen LogP contribution in [-0.4, -0.2) is 37.0 Å². The van der Waals surface area contributed by atoms with E-state index in [0.29, 0.717) is 34.5 Å². The molecule has 0 radical (unpaired) electrons. The Bertz CT molecular complexity index is 1220. The molecule has 1 fully saturated rings. The lowest BCUT2D eigenvalue weighted by molar-refractivity contribution is -0.165. The zero-order valence-electron chi connectivity index (χ0n) is 19.1. The van der Waals surface area contributed by atoms with E-state index in [0.717, 1.165) is 11.1 Å². The molecule has 1 aliphatic rings. The SMILES string of the molecule is COc1cccc([C@@H]2[C@@H](Oc3cccc(Cl)c3)C(=O)N2Cc2cccc(NC(C)=O)c2)c1OC. The topological polar surface area (TPSA) is 77.1 Å². The van der Waals surface area contributed by atoms with Gasteiger partial charge in [0.25, 0.3) is 5.91 Å². The monoisotopic (exact) mass is 480 g/mol. The number of nitrogens with zero attached hydrogens (tertiary/aromatic N) is 1. The molecule has 176 valence electrons. The summed E-state index contributed by atoms with van der Waals surface area (Å²) in [6.45, 7) is 1.78. The Balaban J connectivity index is 1.68. The molecular formula is C26H25ClN2O5. The third-order valence-electron chi connectivity index (χ3n) is 5.56. The van der Waals surface area contributed by atoms with Crippen molar-refractivity contribution < 1.29 is 23.8 Å². The van der Waals surface area contributed by atoms with E-state index in [1.54, 1.807) is 55.5 Å². The second kappa shape index (κ2) is 10.1. The Morgan fingerprint density at radius 1 is 1.03 bits per heavy atom. The molecule has 1 N–H and O–H groups in total. The number of nitrogens with one attached hydrogen (secondary N) is 1. The third kappa shape index (κ3) is 4.79. The standard InChI is InChI=1S/C26H25ClN2O5/c1-16(30)28-19-9-4-7-17(13-19)15-29-23(21-11-6-12-22(32-2)24(21)33-3)25(26(29)31)34-20-10-5-8-18(27)14-20/h4-14,23,25H,15H2,1-3H3,(H,28,30)/t23-,25-/m1/s1. The second-order valence-corrected chi connectivity index (χ2v) is 8.31. The number of benzene rings is 3. The first kappa shape index (κ1) is 23.4. The molecule has 2 amide bonds. The molecule has 0 saturated carbocycles. The van der Waals surface area contributed by atoms with Crippen molar-refractivity contribution in [3.63, 3.8) is 0 Å². The number of carbonyl (C=O) groups excluding carboxylic acids is 2. The minimum Gasteiger partial charge on any atom is -0.493 e. The lowest BCUT2D eigenvalue weighted by Gasteiger charge is -2.47. The fraction of sp³-hybridized carbons (Fsp3) is 0.231. The van der Waals surface area contributed by atoms with E-state index in [1.165, 1.54) is 6.92 Å². The van der Waals surface area contributed by atoms with Crippen LogP contribution in [0.1, 0.15) is 24.1 Å². The van der Waals surface area contributed by atoms with Gasteiger partial charge in [0, 0.05) is 29.7 Å². The number of hydrogen-bond donors (Lipinski definition) is 1. The van der Waals surface area contributed by atoms with Crippen molar-refractivity contribution in [3.8, 4) is 17.2 Å². The van der Waals surface area contributed by atoms with E-state index in [9.17, 15) is 9.59 Å². The summed E-state index contributed by atoms with van der Waals surface area (Å²) in [6, 6.07) is 19.5. The van der Waals surface area contributed by atoms with Crippen molar-refractivity contribution >= 4 is 29.1 Å². The molecule has 8 heteroatoms. The lowest BCUT2D eigenvalue weighted by atomic mass is 9.88. The van der Waals surface area contributed by atoms with Gasteiger partial charge >= 0.3 is 0 Å². The van der Waals surface area contributed by atoms with E-state index < -0.39 is 12.1 Å². The number of halogens is 1. The molecule has 34 heavy (non-hydrogen) atoms. The average molecular weight is 481 g/mol. The van der Waals surface area contributed by atoms with Crippen LogP contribution in [0.25, 0.3) is 0 Å². The Kier molecular flexibility index (Phi) is 6.93. The van der Waals surface area contributed by atoms with Crippen LogP contribution in [-0.2, 0) is 16.1 Å². The van der Waals surface area contributed by atoms with E-state index in [4.69, 9.17) is 25.8 Å². The summed E-state index contributed by atoms with van der Waals surface area (Å²) < 4.78 is 17.2. The summed E-state index contributed by atoms with van der Waals surface area (Å²) in [5, 5.41) is 3.29. The smallest absolute Gasteiger partial charge is 0.267 e. The number of rotatable bonds is 8. The van der Waals surface area contributed by atoms with Gasteiger partial charge in [0.15, 0.2) is 11.5 Å². The number of methoxy groups -OCH3 is 2. The normalized spacial score (nSPS) is 17.1. The summed E-state index contributed by atoms with van der Waals surface area (Å²) in [5.74, 6) is 1.28. The first-order chi connectivity index (χ1) is 16.4. The molecule has 0 unspecified atom stereocenters. The molecule has 1 saturated heterocycles. The first-order valence-corrected chi connectivity index (χ1v) is 11.1. The van der Waals surface area contributed by atoms with Crippen molar-refractivity contribution in [2.24, 2.45) is 0 Å². The van der Waals surface area contributed by atoms with E-state index in [-0.39, 0.29) is 11.8 Å². The Hall–Kier alpha value is -3.71. The highest BCUT2D eigenvalue weighted by molar-refractivity contribution is 6.30. The van der Waals surface area contributed by atoms with E-state index in [1.807, 2.05) is 30.3 Å². The Labute approximate surface area is 203 Å². The molecule has 0 aromatic heterocycles. The maximum absolute atomic E-state index is 13.3. The summed E-state index contributed by atoms with van der Waals surface area (Å²) in [4.78, 5) is 26.5. The molecule has 3 aromatic rings. The van der Waals surface area contributed by atoms with Crippen LogP contribution < -0.4 is 19.5 Å². The van der Waals surface area contributed by atoms with Crippen molar-refractivity contribution in [1.29, 1.82) is 0 Å². The lowest BCUT2D eigenvalue weighted by Crippen LogP contribution is -2.60. The number of β-lactam (4-membered cyclic amide) rings is 1. The predicted octanol–water partition coefficient (Wildman–Crippen LogP) is 4.85. The highest BCUT2D eigenvalue weighted by Crippen LogP contribution is 2.45. The first-order valence-electron chi connectivity index (χ1n) is 10.7. The van der Waals surface area contributed by atoms with Gasteiger partial charge in [-0.15, -0.1) is 0 Å². The predicted molar refractivity (Wildman–Crippen MR) is 129 cm³/mol. The van der Waals surface area contributed by atoms with Crippen LogP contribution in [0.4, 0.5) is 5.69 Å². The number of carbonyl (C=O) groups is 2. The minimum absolute atomic E-state index is 0.161. The number of likely N-dealkylation sites (tertiary alicyclic amines) is 1. The zero-order valence-corrected chi connectivity index (χ0v) is 19.8. The minimum atomic E-state index is -0.766. The fourth-order valence-corrected chi connectivity index (χ4v) is 4.30. The van der Waals surface area contributed by atoms with Crippen LogP contribution in [0.3, 0.4) is 0 Å². The molecule has 0 spiro atoms. The van der Waals surface area contributed by atoms with Crippen LogP contribution in [0.5, 0.6) is 17.2 Å². The van der Waals surface area contributed by atoms with Gasteiger partial charge in [-0.05, 0) is 42.0 Å². The largest absolute Gasteiger partial charge is 0.493 e. The number of amides is 2. The van der Waals surface area contributed by atoms with Crippen molar-refractivity contribution in [3.05, 3.63) is 82.9 Å². The maximum Gasteiger partial charge on any atom is 0.267 e. The molecule has 7 nitrogen and oxygen atoms in total. The fourth-order valence-electron chi connectivity index (χ4n) is 4.12. The molecule has 1 aliphatic heterocycles. The van der Waals surface area contributed by atoms with Crippen molar-refractivity contribution in [1.82, 2.24) is 4.90 Å². The molecule has 4 rings (SSSR count). The molecule has 0 bridgehead atoms. The van der Waals surface area contributed by atoms with Crippen LogP contribution in [0, 0.1) is 0 Å². The number of hydrogen-bond acceptors (Lipinski definition) is 5. The van der Waals surface area contributed by atoms with Crippen molar-refractivity contribution in [2.75, 3.05) is 19.5 Å². The van der Waals surface area contributed by atoms with Gasteiger partial charge in [0.05, 0.1) is 14.2 Å². The van der Waals surface area contributed by atoms with Crippen LogP contribution >= 0.6 is 11.6 Å². The number of anilines is 1. The molecule has 1 heterocycles. The van der Waals surface area contributed by atoms with Gasteiger partial charge in [0.2, 0.25) is 12.0 Å². The Morgan fingerprint density at radius 3 is 2.50 bits per heavy atom. The molecule has 2 atom stereocenters. The Morgan fingerprint density at radius 2 is 1.79 bits per heavy atom. The van der Waals surface area contributed by atoms with Crippen molar-refractivity contribution in [2.45, 2.75) is 25.6 Å².